The summed E-state index contributed by atoms with van der Waals surface area (Å²) < 4.78 is 0. The van der Waals surface area contributed by atoms with Crippen LogP contribution in [-0.4, -0.2) is 15.2 Å². The largest absolute Gasteiger partial charge is 0.307 e. The molecule has 0 aliphatic carbocycles. The second-order valence-electron chi connectivity index (χ2n) is 4.22. The Hall–Kier alpha value is -1.98. The number of benzene rings is 1. The SMILES string of the molecule is c1ccc(-c2[nH]ncc2CNCc2cscn2)cc1. The normalized spacial score (nSPS) is 10.7. The highest BCUT2D eigenvalue weighted by molar-refractivity contribution is 7.07. The summed E-state index contributed by atoms with van der Waals surface area (Å²) in [6.45, 7) is 1.56. The van der Waals surface area contributed by atoms with E-state index in [1.807, 2.05) is 29.9 Å². The number of hydrogen-bond acceptors (Lipinski definition) is 4. The third-order valence-electron chi connectivity index (χ3n) is 2.89. The number of rotatable bonds is 5. The van der Waals surface area contributed by atoms with Crippen LogP contribution in [0.5, 0.6) is 0 Å². The summed E-state index contributed by atoms with van der Waals surface area (Å²) in [5, 5.41) is 12.6. The number of nitrogens with one attached hydrogen (secondary N) is 2. The highest BCUT2D eigenvalue weighted by Gasteiger charge is 2.06. The van der Waals surface area contributed by atoms with Crippen molar-refractivity contribution in [3.63, 3.8) is 0 Å². The first-order chi connectivity index (χ1) is 9.43. The van der Waals surface area contributed by atoms with Crippen molar-refractivity contribution in [3.8, 4) is 11.3 Å². The van der Waals surface area contributed by atoms with Crippen LogP contribution in [0.1, 0.15) is 11.3 Å². The summed E-state index contributed by atoms with van der Waals surface area (Å²) in [5.74, 6) is 0. The minimum absolute atomic E-state index is 0.776. The van der Waals surface area contributed by atoms with Gasteiger partial charge in [-0.2, -0.15) is 5.10 Å². The van der Waals surface area contributed by atoms with Crippen LogP contribution in [-0.2, 0) is 13.1 Å². The van der Waals surface area contributed by atoms with Gasteiger partial charge in [0.2, 0.25) is 0 Å². The molecule has 0 aliphatic heterocycles. The summed E-state index contributed by atoms with van der Waals surface area (Å²) >= 11 is 1.62. The molecule has 0 radical (unpaired) electrons. The zero-order chi connectivity index (χ0) is 12.9. The molecule has 19 heavy (non-hydrogen) atoms. The predicted molar refractivity (Wildman–Crippen MR) is 76.7 cm³/mol. The molecule has 96 valence electrons. The Morgan fingerprint density at radius 2 is 2.05 bits per heavy atom. The van der Waals surface area contributed by atoms with Crippen molar-refractivity contribution in [1.82, 2.24) is 20.5 Å². The van der Waals surface area contributed by atoms with Crippen molar-refractivity contribution < 1.29 is 0 Å². The zero-order valence-electron chi connectivity index (χ0n) is 10.3. The second-order valence-corrected chi connectivity index (χ2v) is 4.94. The molecule has 2 N–H and O–H groups in total. The van der Waals surface area contributed by atoms with E-state index in [9.17, 15) is 0 Å². The van der Waals surface area contributed by atoms with Crippen molar-refractivity contribution in [2.45, 2.75) is 13.1 Å². The van der Waals surface area contributed by atoms with Crippen molar-refractivity contribution >= 4 is 11.3 Å². The maximum atomic E-state index is 4.25. The highest BCUT2D eigenvalue weighted by atomic mass is 32.1. The van der Waals surface area contributed by atoms with Crippen LogP contribution in [0.4, 0.5) is 0 Å². The predicted octanol–water partition coefficient (Wildman–Crippen LogP) is 2.82. The molecule has 3 aromatic rings. The summed E-state index contributed by atoms with van der Waals surface area (Å²) in [7, 11) is 0. The molecule has 0 saturated heterocycles. The summed E-state index contributed by atoms with van der Waals surface area (Å²) in [6, 6.07) is 10.2. The molecule has 1 aromatic carbocycles. The van der Waals surface area contributed by atoms with Crippen LogP contribution in [0.2, 0.25) is 0 Å². The van der Waals surface area contributed by atoms with E-state index in [0.717, 1.165) is 30.0 Å². The smallest absolute Gasteiger partial charge is 0.0795 e. The van der Waals surface area contributed by atoms with Gasteiger partial charge >= 0.3 is 0 Å². The first-order valence-corrected chi connectivity index (χ1v) is 7.03. The van der Waals surface area contributed by atoms with Gasteiger partial charge in [0, 0.05) is 24.0 Å². The van der Waals surface area contributed by atoms with Crippen LogP contribution in [0.25, 0.3) is 11.3 Å². The van der Waals surface area contributed by atoms with Crippen molar-refractivity contribution in [1.29, 1.82) is 0 Å². The lowest BCUT2D eigenvalue weighted by atomic mass is 10.1. The quantitative estimate of drug-likeness (QED) is 0.749. The molecule has 0 unspecified atom stereocenters. The fourth-order valence-corrected chi connectivity index (χ4v) is 2.51. The van der Waals surface area contributed by atoms with E-state index >= 15 is 0 Å². The van der Waals surface area contributed by atoms with Gasteiger partial charge < -0.3 is 5.32 Å². The average molecular weight is 270 g/mol. The first kappa shape index (κ1) is 12.1. The Bertz CT molecular complexity index is 616. The van der Waals surface area contributed by atoms with Crippen molar-refractivity contribution in [2.24, 2.45) is 0 Å². The lowest BCUT2D eigenvalue weighted by Gasteiger charge is -2.04. The minimum Gasteiger partial charge on any atom is -0.307 e. The molecule has 2 aromatic heterocycles. The van der Waals surface area contributed by atoms with Crippen LogP contribution >= 0.6 is 11.3 Å². The minimum atomic E-state index is 0.776. The molecular formula is C14H14N4S. The second kappa shape index (κ2) is 5.77. The Morgan fingerprint density at radius 1 is 1.16 bits per heavy atom. The van der Waals surface area contributed by atoms with Crippen LogP contribution in [0, 0.1) is 0 Å². The van der Waals surface area contributed by atoms with Gasteiger partial charge in [-0.3, -0.25) is 5.10 Å². The molecule has 5 heteroatoms. The van der Waals surface area contributed by atoms with E-state index in [1.165, 1.54) is 5.56 Å². The fraction of sp³-hybridized carbons (Fsp3) is 0.143. The molecule has 4 nitrogen and oxygen atoms in total. The molecule has 0 amide bonds. The molecule has 3 rings (SSSR count). The first-order valence-electron chi connectivity index (χ1n) is 6.09. The van der Waals surface area contributed by atoms with Gasteiger partial charge in [-0.25, -0.2) is 4.98 Å². The van der Waals surface area contributed by atoms with E-state index in [2.05, 4.69) is 38.0 Å². The lowest BCUT2D eigenvalue weighted by Crippen LogP contribution is -2.13. The van der Waals surface area contributed by atoms with Gasteiger partial charge in [-0.15, -0.1) is 11.3 Å². The Kier molecular flexibility index (Phi) is 3.67. The number of aromatic nitrogens is 3. The monoisotopic (exact) mass is 270 g/mol. The molecule has 0 bridgehead atoms. The van der Waals surface area contributed by atoms with Crippen LogP contribution in [0.15, 0.2) is 47.4 Å². The fourth-order valence-electron chi connectivity index (χ4n) is 1.95. The number of thiazole rings is 1. The van der Waals surface area contributed by atoms with E-state index in [1.54, 1.807) is 11.3 Å². The van der Waals surface area contributed by atoms with E-state index < -0.39 is 0 Å². The zero-order valence-corrected chi connectivity index (χ0v) is 11.2. The molecule has 2 heterocycles. The van der Waals surface area contributed by atoms with Gasteiger partial charge in [0.1, 0.15) is 0 Å². The maximum absolute atomic E-state index is 4.25. The molecule has 0 atom stereocenters. The highest BCUT2D eigenvalue weighted by Crippen LogP contribution is 2.20. The van der Waals surface area contributed by atoms with E-state index in [-0.39, 0.29) is 0 Å². The Labute approximate surface area is 115 Å². The Morgan fingerprint density at radius 3 is 2.84 bits per heavy atom. The van der Waals surface area contributed by atoms with Crippen molar-refractivity contribution in [2.75, 3.05) is 0 Å². The van der Waals surface area contributed by atoms with E-state index in [0.29, 0.717) is 0 Å². The van der Waals surface area contributed by atoms with Crippen LogP contribution in [0.3, 0.4) is 0 Å². The van der Waals surface area contributed by atoms with E-state index in [4.69, 9.17) is 0 Å². The number of aromatic amines is 1. The number of nitrogens with zero attached hydrogens (tertiary/aromatic N) is 2. The van der Waals surface area contributed by atoms with Crippen molar-refractivity contribution in [3.05, 3.63) is 58.7 Å². The molecule has 0 spiro atoms. The van der Waals surface area contributed by atoms with Gasteiger partial charge in [-0.05, 0) is 5.56 Å². The van der Waals surface area contributed by atoms with Gasteiger partial charge in [-0.1, -0.05) is 30.3 Å². The van der Waals surface area contributed by atoms with Crippen LogP contribution < -0.4 is 5.32 Å². The number of H-pyrrole nitrogens is 1. The summed E-state index contributed by atoms with van der Waals surface area (Å²) in [5.41, 5.74) is 6.33. The van der Waals surface area contributed by atoms with Gasteiger partial charge in [0.25, 0.3) is 0 Å². The topological polar surface area (TPSA) is 53.6 Å². The maximum Gasteiger partial charge on any atom is 0.0795 e. The standard InChI is InChI=1S/C14H14N4S/c1-2-4-11(5-3-1)14-12(7-17-18-14)6-15-8-13-9-19-10-16-13/h1-5,7,9-10,15H,6,8H2,(H,17,18). The lowest BCUT2D eigenvalue weighted by molar-refractivity contribution is 0.684. The molecule has 0 fully saturated rings. The van der Waals surface area contributed by atoms with Gasteiger partial charge in [0.05, 0.1) is 23.1 Å². The summed E-state index contributed by atoms with van der Waals surface area (Å²) in [4.78, 5) is 4.25. The third-order valence-corrected chi connectivity index (χ3v) is 3.52. The van der Waals surface area contributed by atoms with Gasteiger partial charge in [0.15, 0.2) is 0 Å². The Balaban J connectivity index is 1.67. The molecular weight excluding hydrogens is 256 g/mol. The summed E-state index contributed by atoms with van der Waals surface area (Å²) in [6.07, 6.45) is 1.87. The number of hydrogen-bond donors (Lipinski definition) is 2. The average Bonchev–Trinajstić information content (AvgIpc) is 3.11. The molecule has 0 saturated carbocycles. The third kappa shape index (κ3) is 2.89. The molecule has 0 aliphatic rings.